The molecule has 1 N–H and O–H groups in total. The quantitative estimate of drug-likeness (QED) is 0.686. The van der Waals surface area contributed by atoms with E-state index >= 15 is 0 Å². The van der Waals surface area contributed by atoms with E-state index < -0.39 is 0 Å². The van der Waals surface area contributed by atoms with Gasteiger partial charge in [-0.2, -0.15) is 9.61 Å². The van der Waals surface area contributed by atoms with E-state index in [0.29, 0.717) is 21.8 Å². The van der Waals surface area contributed by atoms with Crippen LogP contribution in [0, 0.1) is 5.92 Å². The summed E-state index contributed by atoms with van der Waals surface area (Å²) in [7, 11) is 0. The van der Waals surface area contributed by atoms with Crippen LogP contribution in [0.15, 0.2) is 16.0 Å². The number of fused-ring (bicyclic) bond motifs is 1. The Hall–Kier alpha value is -1.74. The summed E-state index contributed by atoms with van der Waals surface area (Å²) < 4.78 is 1.39. The number of hydrogen-bond donors (Lipinski definition) is 1. The standard InChI is InChI=1S/C14H18N6OS2/c1-4-10-16-13(18-17-10)22-7-9-6-12(21)20-14(15-9)23-11(19-20)5-8(2)3/h6,8H,4-5,7H2,1-3H3,(H,16,17,18). The highest BCUT2D eigenvalue weighted by molar-refractivity contribution is 7.98. The number of aromatic nitrogens is 6. The Balaban J connectivity index is 1.79. The molecule has 7 nitrogen and oxygen atoms in total. The normalized spacial score (nSPS) is 11.7. The highest BCUT2D eigenvalue weighted by Gasteiger charge is 2.11. The fourth-order valence-electron chi connectivity index (χ4n) is 2.04. The molecule has 0 atom stereocenters. The topological polar surface area (TPSA) is 88.8 Å². The molecule has 0 amide bonds. The highest BCUT2D eigenvalue weighted by atomic mass is 32.2. The van der Waals surface area contributed by atoms with Crippen LogP contribution in [0.5, 0.6) is 0 Å². The van der Waals surface area contributed by atoms with E-state index in [1.165, 1.54) is 33.7 Å². The van der Waals surface area contributed by atoms with Crippen molar-refractivity contribution >= 4 is 28.1 Å². The summed E-state index contributed by atoms with van der Waals surface area (Å²) in [6, 6.07) is 1.53. The van der Waals surface area contributed by atoms with Crippen LogP contribution in [0.25, 0.3) is 4.96 Å². The molecule has 0 saturated carbocycles. The largest absolute Gasteiger partial charge is 0.275 e. The lowest BCUT2D eigenvalue weighted by atomic mass is 10.1. The average molecular weight is 350 g/mol. The van der Waals surface area contributed by atoms with Gasteiger partial charge in [0.1, 0.15) is 10.8 Å². The molecule has 0 aliphatic carbocycles. The molecule has 3 heterocycles. The highest BCUT2D eigenvalue weighted by Crippen LogP contribution is 2.19. The number of aromatic amines is 1. The minimum atomic E-state index is -0.138. The van der Waals surface area contributed by atoms with Crippen molar-refractivity contribution in [3.8, 4) is 0 Å². The van der Waals surface area contributed by atoms with Crippen LogP contribution in [0.3, 0.4) is 0 Å². The van der Waals surface area contributed by atoms with E-state index in [-0.39, 0.29) is 5.56 Å². The first-order chi connectivity index (χ1) is 11.0. The van der Waals surface area contributed by atoms with Crippen LogP contribution in [-0.2, 0) is 18.6 Å². The van der Waals surface area contributed by atoms with Gasteiger partial charge < -0.3 is 0 Å². The van der Waals surface area contributed by atoms with Crippen LogP contribution in [-0.4, -0.2) is 29.8 Å². The monoisotopic (exact) mass is 350 g/mol. The molecule has 0 aliphatic rings. The number of rotatable bonds is 6. The summed E-state index contributed by atoms with van der Waals surface area (Å²) in [6.07, 6.45) is 1.67. The number of aryl methyl sites for hydroxylation is 1. The number of H-pyrrole nitrogens is 1. The lowest BCUT2D eigenvalue weighted by Gasteiger charge is -1.97. The van der Waals surface area contributed by atoms with Crippen LogP contribution < -0.4 is 5.56 Å². The van der Waals surface area contributed by atoms with Crippen molar-refractivity contribution in [2.45, 2.75) is 44.5 Å². The average Bonchev–Trinajstić information content (AvgIpc) is 3.10. The van der Waals surface area contributed by atoms with Crippen molar-refractivity contribution in [2.24, 2.45) is 5.92 Å². The molecular weight excluding hydrogens is 332 g/mol. The second kappa shape index (κ2) is 6.79. The smallest absolute Gasteiger partial charge is 0.267 e. The SMILES string of the molecule is CCc1nc(SCc2cc(=O)n3nc(CC(C)C)sc3n2)n[nH]1. The lowest BCUT2D eigenvalue weighted by Crippen LogP contribution is -2.15. The van der Waals surface area contributed by atoms with Gasteiger partial charge in [-0.1, -0.05) is 43.9 Å². The predicted octanol–water partition coefficient (Wildman–Crippen LogP) is 2.32. The molecule has 0 aliphatic heterocycles. The molecule has 9 heteroatoms. The van der Waals surface area contributed by atoms with E-state index in [9.17, 15) is 4.79 Å². The zero-order valence-electron chi connectivity index (χ0n) is 13.2. The van der Waals surface area contributed by atoms with Gasteiger partial charge in [0.15, 0.2) is 0 Å². The number of hydrogen-bond acceptors (Lipinski definition) is 7. The van der Waals surface area contributed by atoms with Crippen molar-refractivity contribution in [1.82, 2.24) is 29.8 Å². The molecule has 0 unspecified atom stereocenters. The third kappa shape index (κ3) is 3.78. The number of nitrogens with zero attached hydrogens (tertiary/aromatic N) is 5. The Kier molecular flexibility index (Phi) is 4.76. The Bertz CT molecular complexity index is 866. The predicted molar refractivity (Wildman–Crippen MR) is 91.0 cm³/mol. The van der Waals surface area contributed by atoms with Gasteiger partial charge in [-0.3, -0.25) is 9.89 Å². The van der Waals surface area contributed by atoms with Gasteiger partial charge in [0.05, 0.1) is 5.69 Å². The summed E-state index contributed by atoms with van der Waals surface area (Å²) in [4.78, 5) is 21.7. The first-order valence-corrected chi connectivity index (χ1v) is 9.28. The molecule has 0 radical (unpaired) electrons. The van der Waals surface area contributed by atoms with Crippen LogP contribution in [0.2, 0.25) is 0 Å². The first-order valence-electron chi connectivity index (χ1n) is 7.48. The summed E-state index contributed by atoms with van der Waals surface area (Å²) in [6.45, 7) is 6.28. The van der Waals surface area contributed by atoms with Gasteiger partial charge in [0, 0.05) is 24.7 Å². The van der Waals surface area contributed by atoms with E-state index in [0.717, 1.165) is 29.4 Å². The Morgan fingerprint density at radius 3 is 2.91 bits per heavy atom. The first kappa shape index (κ1) is 16.1. The molecular formula is C14H18N6OS2. The second-order valence-electron chi connectivity index (χ2n) is 5.58. The maximum Gasteiger partial charge on any atom is 0.275 e. The van der Waals surface area contributed by atoms with Gasteiger partial charge in [-0.05, 0) is 5.92 Å². The van der Waals surface area contributed by atoms with Crippen molar-refractivity contribution in [3.05, 3.63) is 32.9 Å². The van der Waals surface area contributed by atoms with E-state index in [1.807, 2.05) is 6.92 Å². The number of thioether (sulfide) groups is 1. The molecule has 3 aromatic rings. The molecule has 3 rings (SSSR count). The molecule has 0 spiro atoms. The van der Waals surface area contributed by atoms with E-state index in [2.05, 4.69) is 39.1 Å². The second-order valence-corrected chi connectivity index (χ2v) is 7.56. The number of nitrogens with one attached hydrogen (secondary N) is 1. The van der Waals surface area contributed by atoms with Gasteiger partial charge in [0.25, 0.3) is 5.56 Å². The molecule has 122 valence electrons. The van der Waals surface area contributed by atoms with Crippen LogP contribution >= 0.6 is 23.1 Å². The fourth-order valence-corrected chi connectivity index (χ4v) is 3.88. The minimum Gasteiger partial charge on any atom is -0.267 e. The van der Waals surface area contributed by atoms with E-state index in [4.69, 9.17) is 0 Å². The molecule has 0 aromatic carbocycles. The van der Waals surface area contributed by atoms with Gasteiger partial charge in [-0.15, -0.1) is 5.10 Å². The summed E-state index contributed by atoms with van der Waals surface area (Å²) >= 11 is 2.94. The third-order valence-electron chi connectivity index (χ3n) is 3.12. The van der Waals surface area contributed by atoms with Crippen molar-refractivity contribution < 1.29 is 0 Å². The molecule has 0 bridgehead atoms. The Labute approximate surface area is 141 Å². The van der Waals surface area contributed by atoms with Crippen LogP contribution in [0.4, 0.5) is 0 Å². The van der Waals surface area contributed by atoms with Crippen molar-refractivity contribution in [2.75, 3.05) is 0 Å². The fraction of sp³-hybridized carbons (Fsp3) is 0.500. The Morgan fingerprint density at radius 2 is 2.22 bits per heavy atom. The minimum absolute atomic E-state index is 0.138. The summed E-state index contributed by atoms with van der Waals surface area (Å²) in [5, 5.41) is 13.0. The molecule has 23 heavy (non-hydrogen) atoms. The summed E-state index contributed by atoms with van der Waals surface area (Å²) in [5.41, 5.74) is 0.587. The van der Waals surface area contributed by atoms with Crippen molar-refractivity contribution in [3.63, 3.8) is 0 Å². The summed E-state index contributed by atoms with van der Waals surface area (Å²) in [5.74, 6) is 1.92. The maximum atomic E-state index is 12.2. The van der Waals surface area contributed by atoms with Gasteiger partial charge >= 0.3 is 0 Å². The van der Waals surface area contributed by atoms with Crippen molar-refractivity contribution in [1.29, 1.82) is 0 Å². The van der Waals surface area contributed by atoms with E-state index in [1.54, 1.807) is 0 Å². The maximum absolute atomic E-state index is 12.2. The molecule has 0 saturated heterocycles. The Morgan fingerprint density at radius 1 is 1.39 bits per heavy atom. The van der Waals surface area contributed by atoms with Gasteiger partial charge in [-0.25, -0.2) is 9.97 Å². The zero-order chi connectivity index (χ0) is 16.4. The molecule has 0 fully saturated rings. The van der Waals surface area contributed by atoms with Crippen LogP contribution in [0.1, 0.15) is 37.3 Å². The third-order valence-corrected chi connectivity index (χ3v) is 4.93. The van der Waals surface area contributed by atoms with Gasteiger partial charge in [0.2, 0.25) is 10.1 Å². The lowest BCUT2D eigenvalue weighted by molar-refractivity contribution is 0.635. The molecule has 3 aromatic heterocycles. The zero-order valence-corrected chi connectivity index (χ0v) is 14.9.